The second kappa shape index (κ2) is 1.78. The molecular formula is C6H11N4+. The Labute approximate surface area is 59.4 Å². The van der Waals surface area contributed by atoms with Gasteiger partial charge in [0.15, 0.2) is 5.21 Å². The number of hydrogen-bond donors (Lipinski definition) is 0. The minimum absolute atomic E-state index is 0.625. The molecule has 0 bridgehead atoms. The van der Waals surface area contributed by atoms with Crippen molar-refractivity contribution >= 4 is 0 Å². The zero-order chi connectivity index (χ0) is 7.14. The first-order valence-electron chi connectivity index (χ1n) is 3.58. The van der Waals surface area contributed by atoms with Gasteiger partial charge in [-0.25, -0.2) is 0 Å². The van der Waals surface area contributed by atoms with E-state index in [-0.39, 0.29) is 0 Å². The molecule has 1 atom stereocenters. The molecule has 1 aromatic heterocycles. The van der Waals surface area contributed by atoms with E-state index in [1.807, 2.05) is 16.4 Å². The van der Waals surface area contributed by atoms with E-state index in [2.05, 4.69) is 17.4 Å². The van der Waals surface area contributed by atoms with Crippen LogP contribution in [0.2, 0.25) is 0 Å². The number of aromatic nitrogens is 4. The Balaban J connectivity index is 2.54. The van der Waals surface area contributed by atoms with Gasteiger partial charge in [-0.15, -0.1) is 4.68 Å². The smallest absolute Gasteiger partial charge is 0.140 e. The third-order valence-electron chi connectivity index (χ3n) is 2.09. The Morgan fingerprint density at radius 1 is 1.70 bits per heavy atom. The minimum atomic E-state index is 0.625. The van der Waals surface area contributed by atoms with E-state index in [4.69, 9.17) is 0 Å². The maximum absolute atomic E-state index is 3.98. The summed E-state index contributed by atoms with van der Waals surface area (Å²) in [5.74, 6) is 1.88. The predicted octanol–water partition coefficient (Wildman–Crippen LogP) is -0.390. The molecule has 1 aromatic rings. The van der Waals surface area contributed by atoms with E-state index < -0.39 is 0 Å². The Kier molecular flexibility index (Phi) is 1.03. The van der Waals surface area contributed by atoms with Gasteiger partial charge in [-0.2, -0.15) is 0 Å². The second-order valence-electron chi connectivity index (χ2n) is 2.87. The van der Waals surface area contributed by atoms with Gasteiger partial charge in [-0.05, 0) is 6.42 Å². The largest absolute Gasteiger partial charge is 0.259 e. The lowest BCUT2D eigenvalue weighted by Gasteiger charge is -1.92. The van der Waals surface area contributed by atoms with Crippen molar-refractivity contribution in [1.82, 2.24) is 15.1 Å². The van der Waals surface area contributed by atoms with Crippen LogP contribution in [-0.2, 0) is 13.6 Å². The molecule has 1 aliphatic heterocycles. The summed E-state index contributed by atoms with van der Waals surface area (Å²) in [5.41, 5.74) is 0. The first kappa shape index (κ1) is 5.82. The zero-order valence-corrected chi connectivity index (χ0v) is 6.28. The van der Waals surface area contributed by atoms with Crippen LogP contribution in [0.4, 0.5) is 0 Å². The maximum atomic E-state index is 3.98. The average molecular weight is 139 g/mol. The number of fused-ring (bicyclic) bond motifs is 1. The molecule has 10 heavy (non-hydrogen) atoms. The van der Waals surface area contributed by atoms with Crippen LogP contribution < -0.4 is 4.68 Å². The van der Waals surface area contributed by atoms with E-state index in [1.165, 1.54) is 12.2 Å². The van der Waals surface area contributed by atoms with Gasteiger partial charge in [0.25, 0.3) is 5.82 Å². The van der Waals surface area contributed by atoms with Gasteiger partial charge >= 0.3 is 0 Å². The lowest BCUT2D eigenvalue weighted by atomic mass is 10.1. The van der Waals surface area contributed by atoms with Gasteiger partial charge in [0.1, 0.15) is 11.8 Å². The number of aryl methyl sites for hydroxylation is 2. The van der Waals surface area contributed by atoms with Gasteiger partial charge < -0.3 is 0 Å². The van der Waals surface area contributed by atoms with Gasteiger partial charge in [0, 0.05) is 0 Å². The molecule has 2 rings (SSSR count). The van der Waals surface area contributed by atoms with Crippen molar-refractivity contribution < 1.29 is 4.68 Å². The second-order valence-corrected chi connectivity index (χ2v) is 2.87. The van der Waals surface area contributed by atoms with Crippen LogP contribution in [0, 0.1) is 0 Å². The van der Waals surface area contributed by atoms with Crippen LogP contribution in [0.1, 0.15) is 25.1 Å². The van der Waals surface area contributed by atoms with Crippen molar-refractivity contribution in [2.75, 3.05) is 0 Å². The fourth-order valence-electron chi connectivity index (χ4n) is 1.54. The maximum Gasteiger partial charge on any atom is 0.259 e. The van der Waals surface area contributed by atoms with Crippen LogP contribution in [-0.4, -0.2) is 15.1 Å². The van der Waals surface area contributed by atoms with Crippen molar-refractivity contribution in [3.63, 3.8) is 0 Å². The highest BCUT2D eigenvalue weighted by molar-refractivity contribution is 4.90. The summed E-state index contributed by atoms with van der Waals surface area (Å²) in [6.07, 6.45) is 1.21. The molecule has 0 spiro atoms. The third kappa shape index (κ3) is 0.587. The standard InChI is InChI=1S/C6H11N4/c1-5-3-4-10-6(5)9(2)7-8-10/h5H,3-4H2,1-2H3/q+1. The highest BCUT2D eigenvalue weighted by atomic mass is 15.6. The quantitative estimate of drug-likeness (QED) is 0.459. The molecule has 0 aliphatic carbocycles. The topological polar surface area (TPSA) is 34.6 Å². The molecule has 54 valence electrons. The van der Waals surface area contributed by atoms with Crippen LogP contribution >= 0.6 is 0 Å². The van der Waals surface area contributed by atoms with Gasteiger partial charge in [0.2, 0.25) is 0 Å². The summed E-state index contributed by atoms with van der Waals surface area (Å²) in [6, 6.07) is 0. The summed E-state index contributed by atoms with van der Waals surface area (Å²) in [6.45, 7) is 3.24. The molecule has 0 N–H and O–H groups in total. The van der Waals surface area contributed by atoms with Crippen LogP contribution in [0.25, 0.3) is 0 Å². The predicted molar refractivity (Wildman–Crippen MR) is 34.2 cm³/mol. The molecule has 2 heterocycles. The Morgan fingerprint density at radius 2 is 2.50 bits per heavy atom. The molecule has 4 heteroatoms. The highest BCUT2D eigenvalue weighted by Crippen LogP contribution is 2.21. The summed E-state index contributed by atoms with van der Waals surface area (Å²) < 4.78 is 3.84. The fourth-order valence-corrected chi connectivity index (χ4v) is 1.54. The van der Waals surface area contributed by atoms with Crippen molar-refractivity contribution in [2.45, 2.75) is 25.8 Å². The van der Waals surface area contributed by atoms with Crippen molar-refractivity contribution in [1.29, 1.82) is 0 Å². The summed E-state index contributed by atoms with van der Waals surface area (Å²) in [4.78, 5) is 0. The van der Waals surface area contributed by atoms with E-state index in [0.717, 1.165) is 6.54 Å². The van der Waals surface area contributed by atoms with Crippen LogP contribution in [0.5, 0.6) is 0 Å². The molecular weight excluding hydrogens is 128 g/mol. The molecule has 0 amide bonds. The molecule has 1 aliphatic rings. The first-order chi connectivity index (χ1) is 4.79. The normalized spacial score (nSPS) is 23.2. The number of rotatable bonds is 0. The molecule has 0 saturated carbocycles. The van der Waals surface area contributed by atoms with E-state index in [1.54, 1.807) is 0 Å². The van der Waals surface area contributed by atoms with Crippen molar-refractivity contribution in [3.8, 4) is 0 Å². The van der Waals surface area contributed by atoms with Crippen LogP contribution in [0.15, 0.2) is 0 Å². The lowest BCUT2D eigenvalue weighted by Crippen LogP contribution is -2.35. The third-order valence-corrected chi connectivity index (χ3v) is 2.09. The van der Waals surface area contributed by atoms with Crippen molar-refractivity contribution in [3.05, 3.63) is 5.82 Å². The van der Waals surface area contributed by atoms with Crippen LogP contribution in [0.3, 0.4) is 0 Å². The van der Waals surface area contributed by atoms with Gasteiger partial charge in [0.05, 0.1) is 13.0 Å². The monoisotopic (exact) mass is 139 g/mol. The molecule has 0 aromatic carbocycles. The Morgan fingerprint density at radius 3 is 3.20 bits per heavy atom. The number of nitrogens with zero attached hydrogens (tertiary/aromatic N) is 4. The van der Waals surface area contributed by atoms with Gasteiger partial charge in [-0.1, -0.05) is 11.6 Å². The Bertz CT molecular complexity index is 252. The molecule has 1 unspecified atom stereocenters. The molecule has 0 fully saturated rings. The summed E-state index contributed by atoms with van der Waals surface area (Å²) in [5, 5.41) is 7.89. The minimum Gasteiger partial charge on any atom is -0.140 e. The number of hydrogen-bond acceptors (Lipinski definition) is 2. The molecule has 0 radical (unpaired) electrons. The first-order valence-corrected chi connectivity index (χ1v) is 3.58. The fraction of sp³-hybridized carbons (Fsp3) is 0.833. The zero-order valence-electron chi connectivity index (χ0n) is 6.28. The number of tetrazole rings is 1. The summed E-state index contributed by atoms with van der Waals surface area (Å²) in [7, 11) is 1.95. The van der Waals surface area contributed by atoms with E-state index >= 15 is 0 Å². The van der Waals surface area contributed by atoms with Crippen molar-refractivity contribution in [2.24, 2.45) is 7.05 Å². The molecule has 4 nitrogen and oxygen atoms in total. The Hall–Kier alpha value is -0.930. The lowest BCUT2D eigenvalue weighted by molar-refractivity contribution is -0.739. The SMILES string of the molecule is CC1CCn2nn[n+](C)c21. The van der Waals surface area contributed by atoms with E-state index in [9.17, 15) is 0 Å². The van der Waals surface area contributed by atoms with Gasteiger partial charge in [-0.3, -0.25) is 0 Å². The highest BCUT2D eigenvalue weighted by Gasteiger charge is 2.30. The summed E-state index contributed by atoms with van der Waals surface area (Å²) >= 11 is 0. The van der Waals surface area contributed by atoms with E-state index in [0.29, 0.717) is 5.92 Å². The average Bonchev–Trinajstić information content (AvgIpc) is 2.40. The molecule has 0 saturated heterocycles.